The molecule has 2 aromatic rings. The Labute approximate surface area is 158 Å². The van der Waals surface area contributed by atoms with Gasteiger partial charge in [0.25, 0.3) is 5.91 Å². The summed E-state index contributed by atoms with van der Waals surface area (Å²) in [5.74, 6) is 0.749. The first-order valence-corrected chi connectivity index (χ1v) is 8.57. The largest absolute Gasteiger partial charge is 0.321 e. The molecule has 0 aliphatic carbocycles. The zero-order valence-corrected chi connectivity index (χ0v) is 16.1. The number of nitrogens with zero attached hydrogens (tertiary/aromatic N) is 4. The Hall–Kier alpha value is -3.42. The summed E-state index contributed by atoms with van der Waals surface area (Å²) >= 11 is 0. The second-order valence-corrected chi connectivity index (χ2v) is 6.43. The molecule has 140 valence electrons. The Kier molecular flexibility index (Phi) is 4.81. The number of hydrogen-bond acceptors (Lipinski definition) is 4. The monoisotopic (exact) mass is 365 g/mol. The van der Waals surface area contributed by atoms with Gasteiger partial charge >= 0.3 is 0 Å². The molecule has 1 aromatic carbocycles. The van der Waals surface area contributed by atoms with Gasteiger partial charge in [-0.2, -0.15) is 5.10 Å². The zero-order chi connectivity index (χ0) is 19.7. The average molecular weight is 365 g/mol. The van der Waals surface area contributed by atoms with Crippen LogP contribution >= 0.6 is 0 Å². The van der Waals surface area contributed by atoms with Crippen LogP contribution in [-0.2, 0) is 7.05 Å². The van der Waals surface area contributed by atoms with Crippen molar-refractivity contribution < 1.29 is 4.79 Å². The Morgan fingerprint density at radius 1 is 1.30 bits per heavy atom. The molecule has 0 bridgehead atoms. The number of benzene rings is 1. The number of amidine groups is 2. The zero-order valence-electron chi connectivity index (χ0n) is 16.1. The third-order valence-electron chi connectivity index (χ3n) is 4.34. The van der Waals surface area contributed by atoms with E-state index in [9.17, 15) is 4.79 Å². The fourth-order valence-electron chi connectivity index (χ4n) is 2.87. The number of carbonyl (C=O) groups is 1. The van der Waals surface area contributed by atoms with E-state index in [1.54, 1.807) is 29.9 Å². The number of hydrazine groups is 1. The minimum Gasteiger partial charge on any atom is -0.321 e. The van der Waals surface area contributed by atoms with Gasteiger partial charge in [0, 0.05) is 19.8 Å². The van der Waals surface area contributed by atoms with Crippen LogP contribution in [0.2, 0.25) is 0 Å². The molecule has 1 aliphatic rings. The Morgan fingerprint density at radius 3 is 2.67 bits per heavy atom. The number of aryl methyl sites for hydroxylation is 3. The highest BCUT2D eigenvalue weighted by molar-refractivity contribution is 6.26. The summed E-state index contributed by atoms with van der Waals surface area (Å²) in [7, 11) is 3.51. The predicted octanol–water partition coefficient (Wildman–Crippen LogP) is 2.69. The first-order chi connectivity index (χ1) is 12.8. The van der Waals surface area contributed by atoms with Crippen LogP contribution in [0.5, 0.6) is 0 Å². The van der Waals surface area contributed by atoms with E-state index < -0.39 is 0 Å². The summed E-state index contributed by atoms with van der Waals surface area (Å²) in [4.78, 5) is 17.2. The van der Waals surface area contributed by atoms with Crippen LogP contribution in [-0.4, -0.2) is 39.4 Å². The van der Waals surface area contributed by atoms with E-state index >= 15 is 0 Å². The maximum absolute atomic E-state index is 12.5. The molecule has 27 heavy (non-hydrogen) atoms. The molecule has 0 spiro atoms. The second-order valence-electron chi connectivity index (χ2n) is 6.43. The maximum atomic E-state index is 12.5. The van der Waals surface area contributed by atoms with Crippen molar-refractivity contribution in [2.24, 2.45) is 12.0 Å². The molecule has 2 heterocycles. The van der Waals surface area contributed by atoms with Gasteiger partial charge in [0.1, 0.15) is 11.5 Å². The van der Waals surface area contributed by atoms with E-state index in [1.165, 1.54) is 0 Å². The quantitative estimate of drug-likeness (QED) is 0.779. The summed E-state index contributed by atoms with van der Waals surface area (Å²) in [5, 5.41) is 16.8. The number of allylic oxidation sites excluding steroid dienone is 1. The standard InChI is InChI=1S/C19H23N7O/c1-6-14-17(20)26(5)24-18(14)22-15-10-13(8-7-11(15)2)21-19(27)16-9-12(3)23-25(16)4/h6-10,20H,1-5H3,(H,21,27)(H,22,24)/b14-6+,20-17?. The summed E-state index contributed by atoms with van der Waals surface area (Å²) in [6.07, 6.45) is 1.85. The second kappa shape index (κ2) is 7.06. The lowest BCUT2D eigenvalue weighted by Gasteiger charge is -2.10. The molecular weight excluding hydrogens is 342 g/mol. The number of nitrogens with one attached hydrogen (secondary N) is 3. The van der Waals surface area contributed by atoms with Crippen LogP contribution in [0.15, 0.2) is 40.9 Å². The van der Waals surface area contributed by atoms with E-state index in [0.717, 1.165) is 22.5 Å². The van der Waals surface area contributed by atoms with Crippen molar-refractivity contribution in [2.45, 2.75) is 20.8 Å². The number of anilines is 1. The van der Waals surface area contributed by atoms with Crippen LogP contribution in [0.25, 0.3) is 0 Å². The molecule has 8 nitrogen and oxygen atoms in total. The smallest absolute Gasteiger partial charge is 0.273 e. The fraction of sp³-hybridized carbons (Fsp3) is 0.263. The summed E-state index contributed by atoms with van der Waals surface area (Å²) in [5.41, 5.74) is 7.41. The van der Waals surface area contributed by atoms with Gasteiger partial charge in [-0.3, -0.25) is 25.3 Å². The number of hydrogen-bond donors (Lipinski definition) is 3. The van der Waals surface area contributed by atoms with Crippen molar-refractivity contribution in [3.8, 4) is 0 Å². The van der Waals surface area contributed by atoms with E-state index in [1.807, 2.05) is 45.0 Å². The van der Waals surface area contributed by atoms with Crippen molar-refractivity contribution >= 4 is 29.0 Å². The topological polar surface area (TPSA) is 98.4 Å². The van der Waals surface area contributed by atoms with Gasteiger partial charge in [-0.1, -0.05) is 12.1 Å². The van der Waals surface area contributed by atoms with Crippen LogP contribution in [0.1, 0.15) is 28.7 Å². The van der Waals surface area contributed by atoms with Gasteiger partial charge in [-0.05, 0) is 44.5 Å². The molecule has 1 saturated heterocycles. The minimum absolute atomic E-state index is 0.227. The third kappa shape index (κ3) is 3.59. The normalized spacial score (nSPS) is 16.9. The van der Waals surface area contributed by atoms with Gasteiger partial charge < -0.3 is 5.32 Å². The molecule has 0 saturated carbocycles. The van der Waals surface area contributed by atoms with E-state index in [4.69, 9.17) is 5.41 Å². The molecule has 0 radical (unpaired) electrons. The SMILES string of the molecule is C/C=C1\C(=N)N(C)NC1=Nc1cc(NC(=O)c2cc(C)nn2C)ccc1C. The Bertz CT molecular complexity index is 984. The lowest BCUT2D eigenvalue weighted by atomic mass is 10.1. The van der Waals surface area contributed by atoms with Crippen molar-refractivity contribution in [3.05, 3.63) is 52.9 Å². The number of amides is 1. The highest BCUT2D eigenvalue weighted by atomic mass is 16.2. The molecule has 1 amide bonds. The molecule has 1 fully saturated rings. The van der Waals surface area contributed by atoms with Crippen molar-refractivity contribution in [1.82, 2.24) is 20.2 Å². The number of aliphatic imine (C=N–C) groups is 1. The number of likely N-dealkylation sites (N-methyl/N-ethyl adjacent to an activating group) is 1. The number of carbonyl (C=O) groups excluding carboxylic acids is 1. The highest BCUT2D eigenvalue weighted by Gasteiger charge is 2.24. The van der Waals surface area contributed by atoms with Gasteiger partial charge in [0.15, 0.2) is 5.84 Å². The molecular formula is C19H23N7O. The predicted molar refractivity (Wildman–Crippen MR) is 107 cm³/mol. The molecule has 1 aromatic heterocycles. The van der Waals surface area contributed by atoms with Gasteiger partial charge in [0.05, 0.1) is 17.0 Å². The first kappa shape index (κ1) is 18.4. The molecule has 1 aliphatic heterocycles. The average Bonchev–Trinajstić information content (AvgIpc) is 3.09. The fourth-order valence-corrected chi connectivity index (χ4v) is 2.87. The van der Waals surface area contributed by atoms with Gasteiger partial charge in [-0.15, -0.1) is 0 Å². The molecule has 8 heteroatoms. The Balaban J connectivity index is 1.89. The Morgan fingerprint density at radius 2 is 2.04 bits per heavy atom. The first-order valence-electron chi connectivity index (χ1n) is 8.57. The van der Waals surface area contributed by atoms with Gasteiger partial charge in [-0.25, -0.2) is 4.99 Å². The van der Waals surface area contributed by atoms with Crippen LogP contribution in [0.3, 0.4) is 0 Å². The van der Waals surface area contributed by atoms with Crippen molar-refractivity contribution in [2.75, 3.05) is 12.4 Å². The van der Waals surface area contributed by atoms with E-state index in [-0.39, 0.29) is 5.91 Å². The highest BCUT2D eigenvalue weighted by Crippen LogP contribution is 2.25. The lowest BCUT2D eigenvalue weighted by Crippen LogP contribution is -2.31. The van der Waals surface area contributed by atoms with Crippen molar-refractivity contribution in [1.29, 1.82) is 5.41 Å². The van der Waals surface area contributed by atoms with E-state index in [2.05, 4.69) is 20.8 Å². The van der Waals surface area contributed by atoms with Crippen LogP contribution in [0.4, 0.5) is 11.4 Å². The van der Waals surface area contributed by atoms with E-state index in [0.29, 0.717) is 23.1 Å². The molecule has 0 unspecified atom stereocenters. The molecule has 0 atom stereocenters. The summed E-state index contributed by atoms with van der Waals surface area (Å²) < 4.78 is 1.56. The number of rotatable bonds is 3. The van der Waals surface area contributed by atoms with Gasteiger partial charge in [0.2, 0.25) is 0 Å². The van der Waals surface area contributed by atoms with Crippen LogP contribution in [0, 0.1) is 19.3 Å². The third-order valence-corrected chi connectivity index (χ3v) is 4.34. The summed E-state index contributed by atoms with van der Waals surface area (Å²) in [6, 6.07) is 7.31. The maximum Gasteiger partial charge on any atom is 0.273 e. The molecule has 3 N–H and O–H groups in total. The number of aromatic nitrogens is 2. The molecule has 3 rings (SSSR count). The minimum atomic E-state index is -0.227. The van der Waals surface area contributed by atoms with Crippen molar-refractivity contribution in [3.63, 3.8) is 0 Å². The van der Waals surface area contributed by atoms with Crippen LogP contribution < -0.4 is 10.7 Å². The lowest BCUT2D eigenvalue weighted by molar-refractivity contribution is 0.101. The summed E-state index contributed by atoms with van der Waals surface area (Å²) in [6.45, 7) is 5.67.